The summed E-state index contributed by atoms with van der Waals surface area (Å²) in [6.07, 6.45) is 5.57. The van der Waals surface area contributed by atoms with Crippen molar-refractivity contribution in [3.8, 4) is 6.07 Å². The van der Waals surface area contributed by atoms with Crippen LogP contribution < -0.4 is 5.32 Å². The predicted molar refractivity (Wildman–Crippen MR) is 120 cm³/mol. The number of nitrogens with zero attached hydrogens (tertiary/aromatic N) is 2. The van der Waals surface area contributed by atoms with Gasteiger partial charge in [0.05, 0.1) is 10.5 Å². The van der Waals surface area contributed by atoms with Gasteiger partial charge in [-0.05, 0) is 53.9 Å². The Morgan fingerprint density at radius 3 is 2.80 bits per heavy atom. The third-order valence-electron chi connectivity index (χ3n) is 5.43. The van der Waals surface area contributed by atoms with Crippen molar-refractivity contribution >= 4 is 45.6 Å². The van der Waals surface area contributed by atoms with Crippen LogP contribution in [0.3, 0.4) is 0 Å². The predicted octanol–water partition coefficient (Wildman–Crippen LogP) is 5.98. The van der Waals surface area contributed by atoms with Crippen molar-refractivity contribution < 1.29 is 9.72 Å². The molecule has 3 rings (SSSR count). The highest BCUT2D eigenvalue weighted by Crippen LogP contribution is 2.44. The number of rotatable bonds is 4. The zero-order valence-electron chi connectivity index (χ0n) is 17.0. The van der Waals surface area contributed by atoms with E-state index in [1.165, 1.54) is 40.5 Å². The van der Waals surface area contributed by atoms with Crippen LogP contribution in [0.15, 0.2) is 24.3 Å². The first-order valence-electron chi connectivity index (χ1n) is 9.57. The number of hydrogen-bond donors (Lipinski definition) is 1. The molecule has 1 heterocycles. The normalized spacial score (nSPS) is 16.2. The van der Waals surface area contributed by atoms with Gasteiger partial charge >= 0.3 is 0 Å². The van der Waals surface area contributed by atoms with Gasteiger partial charge in [-0.25, -0.2) is 0 Å². The summed E-state index contributed by atoms with van der Waals surface area (Å²) in [6, 6.07) is 6.57. The Kier molecular flexibility index (Phi) is 6.30. The molecule has 6 nitrogen and oxygen atoms in total. The summed E-state index contributed by atoms with van der Waals surface area (Å²) >= 11 is 7.28. The molecule has 0 spiro atoms. The van der Waals surface area contributed by atoms with Gasteiger partial charge in [0.25, 0.3) is 5.69 Å². The van der Waals surface area contributed by atoms with Crippen molar-refractivity contribution in [3.63, 3.8) is 0 Å². The van der Waals surface area contributed by atoms with Gasteiger partial charge < -0.3 is 5.32 Å². The smallest absolute Gasteiger partial charge is 0.288 e. The van der Waals surface area contributed by atoms with E-state index in [-0.39, 0.29) is 16.1 Å². The molecule has 30 heavy (non-hydrogen) atoms. The van der Waals surface area contributed by atoms with Gasteiger partial charge in [-0.2, -0.15) is 5.26 Å². The van der Waals surface area contributed by atoms with Crippen LogP contribution in [0.2, 0.25) is 5.02 Å². The molecule has 0 fully saturated rings. The molecular weight excluding hydrogens is 422 g/mol. The van der Waals surface area contributed by atoms with Crippen LogP contribution in [0.25, 0.3) is 6.08 Å². The minimum Gasteiger partial charge on any atom is -0.313 e. The fourth-order valence-corrected chi connectivity index (χ4v) is 5.10. The van der Waals surface area contributed by atoms with Crippen LogP contribution in [0.4, 0.5) is 10.7 Å². The maximum absolute atomic E-state index is 12.4. The van der Waals surface area contributed by atoms with Gasteiger partial charge in [-0.3, -0.25) is 14.9 Å². The number of fused-ring (bicyclic) bond motifs is 1. The van der Waals surface area contributed by atoms with Crippen molar-refractivity contribution in [1.29, 1.82) is 5.26 Å². The van der Waals surface area contributed by atoms with E-state index in [0.29, 0.717) is 22.0 Å². The van der Waals surface area contributed by atoms with Gasteiger partial charge in [0.15, 0.2) is 0 Å². The maximum Gasteiger partial charge on any atom is 0.288 e. The summed E-state index contributed by atoms with van der Waals surface area (Å²) in [4.78, 5) is 24.0. The summed E-state index contributed by atoms with van der Waals surface area (Å²) in [7, 11) is 0. The second-order valence-electron chi connectivity index (χ2n) is 8.42. The summed E-state index contributed by atoms with van der Waals surface area (Å²) < 4.78 is 0. The second-order valence-corrected chi connectivity index (χ2v) is 9.93. The van der Waals surface area contributed by atoms with E-state index in [2.05, 4.69) is 32.2 Å². The van der Waals surface area contributed by atoms with Crippen LogP contribution in [-0.4, -0.2) is 10.8 Å². The molecule has 1 N–H and O–H groups in total. The number of benzene rings is 1. The van der Waals surface area contributed by atoms with Crippen LogP contribution in [0, 0.1) is 32.8 Å². The third kappa shape index (κ3) is 4.72. The first-order chi connectivity index (χ1) is 14.1. The SMILES string of the molecule is CC(C)(C)[C@H]1CCc2c(sc(NC(=O)/C=C/c3ccc(Cl)c([N+](=O)[O-])c3)c2C#N)C1. The number of nitrogens with one attached hydrogen (secondary N) is 1. The van der Waals surface area contributed by atoms with E-state index in [1.54, 1.807) is 6.07 Å². The van der Waals surface area contributed by atoms with E-state index in [0.717, 1.165) is 24.8 Å². The maximum atomic E-state index is 12.4. The van der Waals surface area contributed by atoms with Crippen molar-refractivity contribution in [2.24, 2.45) is 11.3 Å². The van der Waals surface area contributed by atoms with E-state index in [9.17, 15) is 20.2 Å². The Bertz CT molecular complexity index is 1080. The van der Waals surface area contributed by atoms with Crippen LogP contribution >= 0.6 is 22.9 Å². The molecule has 0 saturated carbocycles. The molecule has 0 bridgehead atoms. The number of nitro groups is 1. The summed E-state index contributed by atoms with van der Waals surface area (Å²) in [5, 5.41) is 24.0. The van der Waals surface area contributed by atoms with E-state index >= 15 is 0 Å². The molecule has 156 valence electrons. The van der Waals surface area contributed by atoms with Crippen LogP contribution in [0.5, 0.6) is 0 Å². The molecule has 0 saturated heterocycles. The molecule has 8 heteroatoms. The molecule has 0 unspecified atom stereocenters. The number of hydrogen-bond acceptors (Lipinski definition) is 5. The Labute approximate surface area is 184 Å². The summed E-state index contributed by atoms with van der Waals surface area (Å²) in [6.45, 7) is 6.70. The average Bonchev–Trinajstić information content (AvgIpc) is 3.02. The minimum atomic E-state index is -0.569. The molecule has 0 aliphatic heterocycles. The molecule has 1 aromatic carbocycles. The molecule has 2 aromatic rings. The molecule has 1 atom stereocenters. The van der Waals surface area contributed by atoms with Gasteiger partial charge in [0.1, 0.15) is 16.1 Å². The molecule has 0 radical (unpaired) electrons. The number of halogens is 1. The Morgan fingerprint density at radius 2 is 2.17 bits per heavy atom. The third-order valence-corrected chi connectivity index (χ3v) is 6.92. The standard InChI is InChI=1S/C22H22ClN3O3S/c1-22(2,3)14-6-7-15-16(12-24)21(30-19(15)11-14)25-20(27)9-5-13-4-8-17(23)18(10-13)26(28)29/h4-5,8-10,14H,6-7,11H2,1-3H3,(H,25,27)/b9-5+/t14-/m0/s1. The number of nitro benzene ring substituents is 1. The molecule has 1 amide bonds. The van der Waals surface area contributed by atoms with Gasteiger partial charge in [0, 0.05) is 17.0 Å². The fourth-order valence-electron chi connectivity index (χ4n) is 3.63. The quantitative estimate of drug-likeness (QED) is 0.357. The first-order valence-corrected chi connectivity index (χ1v) is 10.8. The zero-order valence-corrected chi connectivity index (χ0v) is 18.6. The van der Waals surface area contributed by atoms with Crippen molar-refractivity contribution in [1.82, 2.24) is 0 Å². The Balaban J connectivity index is 1.77. The number of thiophene rings is 1. The molecular formula is C22H22ClN3O3S. The lowest BCUT2D eigenvalue weighted by Gasteiger charge is -2.33. The highest BCUT2D eigenvalue weighted by Gasteiger charge is 2.32. The van der Waals surface area contributed by atoms with Gasteiger partial charge in [0.2, 0.25) is 5.91 Å². The van der Waals surface area contributed by atoms with Crippen molar-refractivity contribution in [3.05, 3.63) is 61.0 Å². The molecule has 1 aliphatic carbocycles. The minimum absolute atomic E-state index is 0.0398. The lowest BCUT2D eigenvalue weighted by Crippen LogP contribution is -2.26. The zero-order chi connectivity index (χ0) is 22.1. The van der Waals surface area contributed by atoms with E-state index in [1.807, 2.05) is 0 Å². The molecule has 1 aromatic heterocycles. The fraction of sp³-hybridized carbons (Fsp3) is 0.364. The number of carbonyl (C=O) groups is 1. The Hall–Kier alpha value is -2.69. The summed E-state index contributed by atoms with van der Waals surface area (Å²) in [5.41, 5.74) is 2.06. The molecule has 1 aliphatic rings. The number of nitriles is 1. The largest absolute Gasteiger partial charge is 0.313 e. The van der Waals surface area contributed by atoms with Crippen LogP contribution in [0.1, 0.15) is 48.8 Å². The lowest BCUT2D eigenvalue weighted by atomic mass is 9.72. The highest BCUT2D eigenvalue weighted by molar-refractivity contribution is 7.16. The van der Waals surface area contributed by atoms with E-state index in [4.69, 9.17) is 11.6 Å². The first kappa shape index (κ1) is 22.0. The van der Waals surface area contributed by atoms with Crippen molar-refractivity contribution in [2.45, 2.75) is 40.0 Å². The van der Waals surface area contributed by atoms with Crippen LogP contribution in [-0.2, 0) is 17.6 Å². The second kappa shape index (κ2) is 8.58. The van der Waals surface area contributed by atoms with Gasteiger partial charge in [-0.15, -0.1) is 11.3 Å². The number of amides is 1. The average molecular weight is 444 g/mol. The monoisotopic (exact) mass is 443 g/mol. The van der Waals surface area contributed by atoms with E-state index < -0.39 is 10.8 Å². The van der Waals surface area contributed by atoms with Crippen molar-refractivity contribution in [2.75, 3.05) is 5.32 Å². The number of carbonyl (C=O) groups excluding carboxylic acids is 1. The number of anilines is 1. The lowest BCUT2D eigenvalue weighted by molar-refractivity contribution is -0.384. The Morgan fingerprint density at radius 1 is 1.43 bits per heavy atom. The summed E-state index contributed by atoms with van der Waals surface area (Å²) in [5.74, 6) is 0.148. The highest BCUT2D eigenvalue weighted by atomic mass is 35.5. The van der Waals surface area contributed by atoms with Gasteiger partial charge in [-0.1, -0.05) is 38.4 Å². The topological polar surface area (TPSA) is 96.0 Å².